The number of hydrogen-bond acceptors (Lipinski definition) is 1. The Hall–Kier alpha value is -1.37. The van der Waals surface area contributed by atoms with Crippen molar-refractivity contribution in [2.75, 3.05) is 5.88 Å². The number of halogens is 6. The van der Waals surface area contributed by atoms with Crippen LogP contribution in [0.1, 0.15) is 29.6 Å². The second-order valence-corrected chi connectivity index (χ2v) is 5.18. The topological polar surface area (TPSA) is 29.1 Å². The average Bonchev–Trinajstić information content (AvgIpc) is 2.90. The minimum absolute atomic E-state index is 0.0862. The lowest BCUT2D eigenvalue weighted by atomic mass is 10.1. The first-order chi connectivity index (χ1) is 9.88. The SMILES string of the molecule is O=C(NC1CCCC1CCl)c1c(F)c(F)c(F)c(F)c1F. The maximum atomic E-state index is 13.5. The number of nitrogens with one attached hydrogen (secondary N) is 1. The molecular formula is C13H11ClF5NO. The maximum absolute atomic E-state index is 13.5. The average molecular weight is 328 g/mol. The van der Waals surface area contributed by atoms with Crippen molar-refractivity contribution in [3.63, 3.8) is 0 Å². The number of carbonyl (C=O) groups is 1. The van der Waals surface area contributed by atoms with Crippen LogP contribution < -0.4 is 5.32 Å². The lowest BCUT2D eigenvalue weighted by Crippen LogP contribution is -2.39. The standard InChI is InChI=1S/C13H11ClF5NO/c14-4-5-2-1-3-6(5)20-13(21)7-8(15)10(17)12(19)11(18)9(7)16/h5-6H,1-4H2,(H,20,21). The van der Waals surface area contributed by atoms with Crippen LogP contribution in [0.15, 0.2) is 0 Å². The molecule has 0 radical (unpaired) electrons. The molecular weight excluding hydrogens is 317 g/mol. The quantitative estimate of drug-likeness (QED) is 0.391. The highest BCUT2D eigenvalue weighted by molar-refractivity contribution is 6.18. The zero-order valence-corrected chi connectivity index (χ0v) is 11.4. The highest BCUT2D eigenvalue weighted by Gasteiger charge is 2.33. The van der Waals surface area contributed by atoms with Gasteiger partial charge in [0, 0.05) is 11.9 Å². The molecule has 8 heteroatoms. The van der Waals surface area contributed by atoms with Crippen LogP contribution in [-0.4, -0.2) is 17.8 Å². The molecule has 0 aliphatic heterocycles. The van der Waals surface area contributed by atoms with Crippen LogP contribution in [0.4, 0.5) is 22.0 Å². The molecule has 0 saturated heterocycles. The van der Waals surface area contributed by atoms with Gasteiger partial charge in [-0.15, -0.1) is 11.6 Å². The Morgan fingerprint density at radius 3 is 2.05 bits per heavy atom. The number of hydrogen-bond donors (Lipinski definition) is 1. The van der Waals surface area contributed by atoms with Crippen LogP contribution >= 0.6 is 11.6 Å². The number of rotatable bonds is 3. The van der Waals surface area contributed by atoms with Gasteiger partial charge in [0.15, 0.2) is 23.3 Å². The van der Waals surface area contributed by atoms with Crippen LogP contribution in [0.25, 0.3) is 0 Å². The summed E-state index contributed by atoms with van der Waals surface area (Å²) in [6.07, 6.45) is 2.03. The van der Waals surface area contributed by atoms with E-state index in [1.54, 1.807) is 0 Å². The van der Waals surface area contributed by atoms with Gasteiger partial charge in [-0.2, -0.15) is 0 Å². The smallest absolute Gasteiger partial charge is 0.257 e. The molecule has 0 bridgehead atoms. The second kappa shape index (κ2) is 6.17. The predicted octanol–water partition coefficient (Wildman–Crippen LogP) is 3.52. The highest BCUT2D eigenvalue weighted by atomic mass is 35.5. The minimum atomic E-state index is -2.29. The number of amides is 1. The zero-order chi connectivity index (χ0) is 15.7. The van der Waals surface area contributed by atoms with Crippen molar-refractivity contribution in [2.45, 2.75) is 25.3 Å². The van der Waals surface area contributed by atoms with Crippen molar-refractivity contribution in [2.24, 2.45) is 5.92 Å². The molecule has 1 aromatic rings. The summed E-state index contributed by atoms with van der Waals surface area (Å²) in [6.45, 7) is 0. The Morgan fingerprint density at radius 1 is 1.00 bits per heavy atom. The van der Waals surface area contributed by atoms with E-state index in [1.807, 2.05) is 0 Å². The van der Waals surface area contributed by atoms with Crippen molar-refractivity contribution in [3.05, 3.63) is 34.6 Å². The molecule has 2 nitrogen and oxygen atoms in total. The molecule has 1 N–H and O–H groups in total. The van der Waals surface area contributed by atoms with Gasteiger partial charge in [0.2, 0.25) is 5.82 Å². The summed E-state index contributed by atoms with van der Waals surface area (Å²) in [7, 11) is 0. The van der Waals surface area contributed by atoms with E-state index in [1.165, 1.54) is 0 Å². The molecule has 116 valence electrons. The van der Waals surface area contributed by atoms with Gasteiger partial charge in [-0.05, 0) is 18.8 Å². The Labute approximate surface area is 122 Å². The van der Waals surface area contributed by atoms with E-state index in [4.69, 9.17) is 11.6 Å². The fourth-order valence-corrected chi connectivity index (χ4v) is 2.83. The fourth-order valence-electron chi connectivity index (χ4n) is 2.46. The molecule has 1 aliphatic carbocycles. The normalized spacial score (nSPS) is 21.6. The van der Waals surface area contributed by atoms with Crippen LogP contribution in [0.2, 0.25) is 0 Å². The molecule has 1 saturated carbocycles. The Balaban J connectivity index is 2.32. The van der Waals surface area contributed by atoms with Crippen molar-refractivity contribution >= 4 is 17.5 Å². The van der Waals surface area contributed by atoms with Crippen molar-refractivity contribution in [3.8, 4) is 0 Å². The third-order valence-corrected chi connectivity index (χ3v) is 4.01. The van der Waals surface area contributed by atoms with Gasteiger partial charge in [0.1, 0.15) is 5.56 Å². The van der Waals surface area contributed by atoms with Crippen LogP contribution in [0.3, 0.4) is 0 Å². The molecule has 0 heterocycles. The molecule has 1 amide bonds. The van der Waals surface area contributed by atoms with Crippen LogP contribution in [0, 0.1) is 35.0 Å². The lowest BCUT2D eigenvalue weighted by molar-refractivity contribution is 0.0918. The first kappa shape index (κ1) is 16.0. The van der Waals surface area contributed by atoms with E-state index in [9.17, 15) is 26.7 Å². The van der Waals surface area contributed by atoms with Gasteiger partial charge >= 0.3 is 0 Å². The second-order valence-electron chi connectivity index (χ2n) is 4.87. The molecule has 2 atom stereocenters. The van der Waals surface area contributed by atoms with Crippen molar-refractivity contribution in [1.82, 2.24) is 5.32 Å². The first-order valence-electron chi connectivity index (χ1n) is 6.26. The Bertz CT molecular complexity index is 551. The largest absolute Gasteiger partial charge is 0.349 e. The zero-order valence-electron chi connectivity index (χ0n) is 10.7. The number of benzene rings is 1. The maximum Gasteiger partial charge on any atom is 0.257 e. The highest BCUT2D eigenvalue weighted by Crippen LogP contribution is 2.28. The molecule has 2 rings (SSSR count). The third kappa shape index (κ3) is 2.84. The monoisotopic (exact) mass is 327 g/mol. The van der Waals surface area contributed by atoms with E-state index < -0.39 is 46.6 Å². The number of alkyl halides is 1. The van der Waals surface area contributed by atoms with E-state index in [2.05, 4.69) is 5.32 Å². The van der Waals surface area contributed by atoms with E-state index in [0.717, 1.165) is 12.8 Å². The fraction of sp³-hybridized carbons (Fsp3) is 0.462. The summed E-state index contributed by atoms with van der Waals surface area (Å²) in [4.78, 5) is 11.8. The molecule has 0 spiro atoms. The molecule has 1 fully saturated rings. The Kier molecular flexibility index (Phi) is 4.70. The lowest BCUT2D eigenvalue weighted by Gasteiger charge is -2.19. The predicted molar refractivity (Wildman–Crippen MR) is 65.5 cm³/mol. The summed E-state index contributed by atoms with van der Waals surface area (Å²) in [6, 6.07) is -0.440. The van der Waals surface area contributed by atoms with Gasteiger partial charge < -0.3 is 5.32 Å². The van der Waals surface area contributed by atoms with Crippen LogP contribution in [0.5, 0.6) is 0 Å². The first-order valence-corrected chi connectivity index (χ1v) is 6.80. The van der Waals surface area contributed by atoms with Gasteiger partial charge in [0.05, 0.1) is 0 Å². The van der Waals surface area contributed by atoms with E-state index in [-0.39, 0.29) is 11.8 Å². The molecule has 21 heavy (non-hydrogen) atoms. The summed E-state index contributed by atoms with van der Waals surface area (Å²) in [5, 5.41) is 2.29. The van der Waals surface area contributed by atoms with Gasteiger partial charge in [-0.1, -0.05) is 6.42 Å². The summed E-state index contributed by atoms with van der Waals surface area (Å²) in [5.74, 6) is -12.0. The number of carbonyl (C=O) groups excluding carboxylic acids is 1. The third-order valence-electron chi connectivity index (χ3n) is 3.61. The van der Waals surface area contributed by atoms with Crippen molar-refractivity contribution in [1.29, 1.82) is 0 Å². The minimum Gasteiger partial charge on any atom is -0.349 e. The van der Waals surface area contributed by atoms with Gasteiger partial charge in [-0.25, -0.2) is 22.0 Å². The summed E-state index contributed by atoms with van der Waals surface area (Å²) in [5.41, 5.74) is -1.47. The molecule has 2 unspecified atom stereocenters. The van der Waals surface area contributed by atoms with Crippen molar-refractivity contribution < 1.29 is 26.7 Å². The molecule has 1 aromatic carbocycles. The summed E-state index contributed by atoms with van der Waals surface area (Å²) < 4.78 is 66.0. The van der Waals surface area contributed by atoms with E-state index >= 15 is 0 Å². The van der Waals surface area contributed by atoms with Crippen LogP contribution in [-0.2, 0) is 0 Å². The molecule has 0 aromatic heterocycles. The van der Waals surface area contributed by atoms with Gasteiger partial charge in [-0.3, -0.25) is 4.79 Å². The molecule has 1 aliphatic rings. The van der Waals surface area contributed by atoms with Gasteiger partial charge in [0.25, 0.3) is 5.91 Å². The Morgan fingerprint density at radius 2 is 1.52 bits per heavy atom. The summed E-state index contributed by atoms with van der Waals surface area (Å²) >= 11 is 5.70. The van der Waals surface area contributed by atoms with E-state index in [0.29, 0.717) is 6.42 Å².